The van der Waals surface area contributed by atoms with E-state index < -0.39 is 0 Å². The van der Waals surface area contributed by atoms with E-state index in [0.29, 0.717) is 56.2 Å². The van der Waals surface area contributed by atoms with Crippen molar-refractivity contribution in [3.63, 3.8) is 0 Å². The first-order valence-corrected chi connectivity index (χ1v) is 10.6. The van der Waals surface area contributed by atoms with Gasteiger partial charge >= 0.3 is 0 Å². The van der Waals surface area contributed by atoms with Gasteiger partial charge in [0.25, 0.3) is 11.8 Å². The monoisotopic (exact) mass is 452 g/mol. The minimum atomic E-state index is -0.290. The van der Waals surface area contributed by atoms with Crippen molar-refractivity contribution in [2.24, 2.45) is 0 Å². The Kier molecular flexibility index (Phi) is 11.6. The Morgan fingerprint density at radius 1 is 0.667 bits per heavy atom. The molecule has 33 heavy (non-hydrogen) atoms. The predicted octanol–water partition coefficient (Wildman–Crippen LogP) is 2.95. The molecule has 0 aliphatic carbocycles. The highest BCUT2D eigenvalue weighted by atomic mass is 16.2. The molecule has 1 saturated heterocycles. The maximum absolute atomic E-state index is 12.7. The molecule has 2 aromatic rings. The van der Waals surface area contributed by atoms with Crippen molar-refractivity contribution in [3.05, 3.63) is 70.3 Å². The topological polar surface area (TPSA) is 109 Å². The highest BCUT2D eigenvalue weighted by molar-refractivity contribution is 5.98. The normalized spacial score (nSPS) is 12.2. The zero-order valence-electron chi connectivity index (χ0n) is 19.0. The number of hydrogen-bond donors (Lipinski definition) is 0. The number of aldehydes is 4. The smallest absolute Gasteiger partial charge is 0.254 e. The Hall–Kier alpha value is -3.94. The molecule has 3 rings (SSSR count). The first-order chi connectivity index (χ1) is 16.0. The number of piperazine rings is 1. The molecule has 1 heterocycles. The zero-order valence-corrected chi connectivity index (χ0v) is 19.0. The fourth-order valence-electron chi connectivity index (χ4n) is 3.16. The second kappa shape index (κ2) is 14.2. The van der Waals surface area contributed by atoms with E-state index in [-0.39, 0.29) is 28.5 Å². The van der Waals surface area contributed by atoms with Crippen molar-refractivity contribution in [3.8, 4) is 0 Å². The maximum Gasteiger partial charge on any atom is 0.254 e. The molecule has 0 saturated carbocycles. The number of carbonyl (C=O) groups excluding carboxylic acids is 6. The molecular formula is C25H28N2O6. The second-order valence-electron chi connectivity index (χ2n) is 6.69. The van der Waals surface area contributed by atoms with Crippen LogP contribution in [0.25, 0.3) is 0 Å². The minimum Gasteiger partial charge on any atom is -0.335 e. The number of rotatable bonds is 5. The molecule has 0 unspecified atom stereocenters. The average Bonchev–Trinajstić information content (AvgIpc) is 2.89. The van der Waals surface area contributed by atoms with Crippen LogP contribution in [0.3, 0.4) is 0 Å². The number of amides is 2. The molecular weight excluding hydrogens is 424 g/mol. The van der Waals surface area contributed by atoms with Gasteiger partial charge in [-0.2, -0.15) is 0 Å². The number of benzene rings is 2. The summed E-state index contributed by atoms with van der Waals surface area (Å²) >= 11 is 0. The average molecular weight is 453 g/mol. The number of nitrogens with zero attached hydrogens (tertiary/aromatic N) is 2. The van der Waals surface area contributed by atoms with Gasteiger partial charge in [0, 0.05) is 54.0 Å². The predicted molar refractivity (Wildman–Crippen MR) is 124 cm³/mol. The third-order valence-electron chi connectivity index (χ3n) is 4.62. The van der Waals surface area contributed by atoms with Crippen LogP contribution in [0, 0.1) is 0 Å². The van der Waals surface area contributed by atoms with Gasteiger partial charge in [-0.15, -0.1) is 0 Å². The zero-order chi connectivity index (χ0) is 24.8. The lowest BCUT2D eigenvalue weighted by molar-refractivity contribution is -0.106. The van der Waals surface area contributed by atoms with Gasteiger partial charge in [0.2, 0.25) is 0 Å². The molecule has 1 fully saturated rings. The van der Waals surface area contributed by atoms with Gasteiger partial charge < -0.3 is 14.6 Å². The Bertz CT molecular complexity index is 968. The van der Waals surface area contributed by atoms with Gasteiger partial charge in [-0.3, -0.25) is 24.0 Å². The first kappa shape index (κ1) is 27.1. The van der Waals surface area contributed by atoms with Crippen molar-refractivity contribution in [2.45, 2.75) is 20.8 Å². The lowest BCUT2D eigenvalue weighted by Crippen LogP contribution is -2.50. The van der Waals surface area contributed by atoms with Crippen LogP contribution in [0.2, 0.25) is 0 Å². The standard InChI is InChI=1S/C21H18N2O5.C2H4O.C2H6/c24-12-15-2-1-3-18(9-15)20(27)22-4-6-23(7-5-22)21(28)19-10-16(13-25)8-17(11-19)14-26;1-2-3;1-2/h1-3,8-14H,4-7H2;2H,1H3;1-2H3. The Morgan fingerprint density at radius 2 is 1.06 bits per heavy atom. The summed E-state index contributed by atoms with van der Waals surface area (Å²) < 4.78 is 0. The van der Waals surface area contributed by atoms with E-state index in [0.717, 1.165) is 6.29 Å². The van der Waals surface area contributed by atoms with Crippen molar-refractivity contribution in [1.29, 1.82) is 0 Å². The van der Waals surface area contributed by atoms with Crippen molar-refractivity contribution in [2.75, 3.05) is 26.2 Å². The van der Waals surface area contributed by atoms with E-state index in [1.54, 1.807) is 34.1 Å². The lowest BCUT2D eigenvalue weighted by Gasteiger charge is -2.35. The largest absolute Gasteiger partial charge is 0.335 e. The summed E-state index contributed by atoms with van der Waals surface area (Å²) in [5.74, 6) is -0.483. The molecule has 8 nitrogen and oxygen atoms in total. The highest BCUT2D eigenvalue weighted by Crippen LogP contribution is 2.15. The summed E-state index contributed by atoms with van der Waals surface area (Å²) in [6, 6.07) is 10.8. The van der Waals surface area contributed by atoms with E-state index >= 15 is 0 Å². The summed E-state index contributed by atoms with van der Waals surface area (Å²) in [4.78, 5) is 70.3. The fraction of sp³-hybridized carbons (Fsp3) is 0.280. The summed E-state index contributed by atoms with van der Waals surface area (Å²) in [6.45, 7) is 6.81. The maximum atomic E-state index is 12.7. The van der Waals surface area contributed by atoms with Crippen LogP contribution in [-0.4, -0.2) is 72.9 Å². The summed E-state index contributed by atoms with van der Waals surface area (Å²) in [7, 11) is 0. The molecule has 0 N–H and O–H groups in total. The first-order valence-electron chi connectivity index (χ1n) is 10.6. The van der Waals surface area contributed by atoms with Crippen LogP contribution in [0.5, 0.6) is 0 Å². The number of hydrogen-bond acceptors (Lipinski definition) is 6. The summed E-state index contributed by atoms with van der Waals surface area (Å²) in [5, 5.41) is 0. The molecule has 0 atom stereocenters. The lowest BCUT2D eigenvalue weighted by atomic mass is 10.1. The van der Waals surface area contributed by atoms with Crippen LogP contribution < -0.4 is 0 Å². The summed E-state index contributed by atoms with van der Waals surface area (Å²) in [6.07, 6.45) is 2.62. The molecule has 0 aromatic heterocycles. The van der Waals surface area contributed by atoms with E-state index in [1.807, 2.05) is 13.8 Å². The highest BCUT2D eigenvalue weighted by Gasteiger charge is 2.26. The number of carbonyl (C=O) groups is 6. The van der Waals surface area contributed by atoms with Crippen molar-refractivity contribution < 1.29 is 28.8 Å². The van der Waals surface area contributed by atoms with E-state index in [1.165, 1.54) is 25.1 Å². The van der Waals surface area contributed by atoms with Gasteiger partial charge in [-0.25, -0.2) is 0 Å². The van der Waals surface area contributed by atoms with Crippen LogP contribution in [0.15, 0.2) is 42.5 Å². The van der Waals surface area contributed by atoms with Gasteiger partial charge in [0.1, 0.15) is 25.1 Å². The summed E-state index contributed by atoms with van der Waals surface area (Å²) in [5.41, 5.74) is 1.65. The fourth-order valence-corrected chi connectivity index (χ4v) is 3.16. The Labute approximate surface area is 193 Å². The van der Waals surface area contributed by atoms with Gasteiger partial charge in [0.05, 0.1) is 0 Å². The van der Waals surface area contributed by atoms with Crippen molar-refractivity contribution >= 4 is 37.0 Å². The Morgan fingerprint density at radius 3 is 1.48 bits per heavy atom. The SMILES string of the molecule is CC.CC=O.O=Cc1cccc(C(=O)N2CCN(C(=O)c3cc(C=O)cc(C=O)c3)CC2)c1. The molecule has 0 bridgehead atoms. The minimum absolute atomic E-state index is 0.193. The molecule has 1 aliphatic heterocycles. The molecule has 2 amide bonds. The Balaban J connectivity index is 0.00000101. The van der Waals surface area contributed by atoms with Crippen molar-refractivity contribution in [1.82, 2.24) is 9.80 Å². The second-order valence-corrected chi connectivity index (χ2v) is 6.69. The molecule has 0 radical (unpaired) electrons. The van der Waals surface area contributed by atoms with Crippen LogP contribution in [0.1, 0.15) is 72.6 Å². The molecule has 0 spiro atoms. The quantitative estimate of drug-likeness (QED) is 0.646. The van der Waals surface area contributed by atoms with Gasteiger partial charge in [-0.1, -0.05) is 26.0 Å². The molecule has 8 heteroatoms. The van der Waals surface area contributed by atoms with Crippen LogP contribution in [0.4, 0.5) is 0 Å². The van der Waals surface area contributed by atoms with Crippen LogP contribution in [-0.2, 0) is 4.79 Å². The third-order valence-corrected chi connectivity index (χ3v) is 4.62. The molecule has 174 valence electrons. The third kappa shape index (κ3) is 7.60. The van der Waals surface area contributed by atoms with E-state index in [9.17, 15) is 24.0 Å². The van der Waals surface area contributed by atoms with E-state index in [2.05, 4.69) is 0 Å². The van der Waals surface area contributed by atoms with Gasteiger partial charge in [-0.05, 0) is 37.3 Å². The molecule has 1 aliphatic rings. The van der Waals surface area contributed by atoms with Gasteiger partial charge in [0.15, 0.2) is 0 Å². The van der Waals surface area contributed by atoms with E-state index in [4.69, 9.17) is 4.79 Å². The molecule has 2 aromatic carbocycles. The van der Waals surface area contributed by atoms with Crippen LogP contribution >= 0.6 is 0 Å².